The Morgan fingerprint density at radius 2 is 1.87 bits per heavy atom. The van der Waals surface area contributed by atoms with E-state index in [4.69, 9.17) is 21.1 Å². The first-order valence-electron chi connectivity index (χ1n) is 9.07. The van der Waals surface area contributed by atoms with E-state index < -0.39 is 18.3 Å². The number of methoxy groups -OCH3 is 2. The number of alkyl halides is 3. The molecule has 3 aromatic rings. The molecule has 6 nitrogen and oxygen atoms in total. The van der Waals surface area contributed by atoms with Crippen molar-refractivity contribution in [3.05, 3.63) is 53.3 Å². The van der Waals surface area contributed by atoms with Crippen LogP contribution in [0.5, 0.6) is 11.5 Å². The standard InChI is InChI=1S/C20H18ClF3N4O2/c1-29-15-4-3-11(7-16(15)30-2)13-9-17(20(22,23)24)28-19(26-13)10-14(27-28)12-5-6-25-18(21)8-12/h3-8,10,13,17,26H,9H2,1-2H3. The molecule has 158 valence electrons. The van der Waals surface area contributed by atoms with Gasteiger partial charge in [0.1, 0.15) is 11.0 Å². The third-order valence-corrected chi connectivity index (χ3v) is 5.23. The van der Waals surface area contributed by atoms with Crippen molar-refractivity contribution in [2.24, 2.45) is 0 Å². The van der Waals surface area contributed by atoms with Gasteiger partial charge in [-0.15, -0.1) is 0 Å². The van der Waals surface area contributed by atoms with Gasteiger partial charge in [-0.3, -0.25) is 0 Å². The number of halogens is 4. The summed E-state index contributed by atoms with van der Waals surface area (Å²) < 4.78 is 53.2. The summed E-state index contributed by atoms with van der Waals surface area (Å²) in [6, 6.07) is 7.50. The lowest BCUT2D eigenvalue weighted by molar-refractivity contribution is -0.173. The summed E-state index contributed by atoms with van der Waals surface area (Å²) in [4.78, 5) is 3.90. The Morgan fingerprint density at radius 1 is 1.10 bits per heavy atom. The molecule has 4 rings (SSSR count). The number of rotatable bonds is 4. The van der Waals surface area contributed by atoms with Gasteiger partial charge in [0, 0.05) is 24.2 Å². The Balaban J connectivity index is 1.74. The average molecular weight is 439 g/mol. The van der Waals surface area contributed by atoms with E-state index in [1.807, 2.05) is 0 Å². The van der Waals surface area contributed by atoms with E-state index in [1.54, 1.807) is 36.4 Å². The fraction of sp³-hybridized carbons (Fsp3) is 0.300. The zero-order chi connectivity index (χ0) is 21.5. The molecule has 10 heteroatoms. The van der Waals surface area contributed by atoms with Crippen LogP contribution in [0.15, 0.2) is 42.6 Å². The summed E-state index contributed by atoms with van der Waals surface area (Å²) in [6.45, 7) is 0. The van der Waals surface area contributed by atoms with Crippen LogP contribution in [-0.2, 0) is 0 Å². The van der Waals surface area contributed by atoms with Gasteiger partial charge in [0.15, 0.2) is 17.5 Å². The molecule has 30 heavy (non-hydrogen) atoms. The van der Waals surface area contributed by atoms with Crippen LogP contribution in [0.4, 0.5) is 19.0 Å². The zero-order valence-electron chi connectivity index (χ0n) is 16.1. The number of aromatic nitrogens is 3. The van der Waals surface area contributed by atoms with Crippen LogP contribution in [0, 0.1) is 0 Å². The zero-order valence-corrected chi connectivity index (χ0v) is 16.8. The number of fused-ring (bicyclic) bond motifs is 1. The second-order valence-electron chi connectivity index (χ2n) is 6.83. The van der Waals surface area contributed by atoms with Crippen LogP contribution in [0.3, 0.4) is 0 Å². The van der Waals surface area contributed by atoms with Gasteiger partial charge in [0.25, 0.3) is 0 Å². The monoisotopic (exact) mass is 438 g/mol. The van der Waals surface area contributed by atoms with Gasteiger partial charge < -0.3 is 14.8 Å². The highest BCUT2D eigenvalue weighted by Crippen LogP contribution is 2.45. The van der Waals surface area contributed by atoms with Crippen LogP contribution in [-0.4, -0.2) is 35.2 Å². The number of benzene rings is 1. The van der Waals surface area contributed by atoms with Crippen molar-refractivity contribution in [1.82, 2.24) is 14.8 Å². The molecule has 0 radical (unpaired) electrons. The lowest BCUT2D eigenvalue weighted by atomic mass is 9.96. The van der Waals surface area contributed by atoms with Gasteiger partial charge in [0.05, 0.1) is 26.0 Å². The lowest BCUT2D eigenvalue weighted by Gasteiger charge is -2.33. The van der Waals surface area contributed by atoms with Gasteiger partial charge in [-0.2, -0.15) is 18.3 Å². The molecule has 0 aliphatic carbocycles. The SMILES string of the molecule is COc1ccc(C2CC(C(F)(F)F)n3nc(-c4ccnc(Cl)c4)cc3N2)cc1OC. The molecule has 3 heterocycles. The minimum absolute atomic E-state index is 0.218. The highest BCUT2D eigenvalue weighted by molar-refractivity contribution is 6.29. The van der Waals surface area contributed by atoms with Crippen molar-refractivity contribution in [1.29, 1.82) is 0 Å². The van der Waals surface area contributed by atoms with Gasteiger partial charge in [-0.1, -0.05) is 17.7 Å². The highest BCUT2D eigenvalue weighted by Gasteiger charge is 2.46. The van der Waals surface area contributed by atoms with Crippen LogP contribution in [0.25, 0.3) is 11.3 Å². The quantitative estimate of drug-likeness (QED) is 0.562. The number of pyridine rings is 1. The molecule has 0 fully saturated rings. The van der Waals surface area contributed by atoms with E-state index in [9.17, 15) is 13.2 Å². The molecular weight excluding hydrogens is 421 g/mol. The molecule has 1 aliphatic rings. The first-order valence-corrected chi connectivity index (χ1v) is 9.44. The predicted molar refractivity (Wildman–Crippen MR) is 106 cm³/mol. The highest BCUT2D eigenvalue weighted by atomic mass is 35.5. The minimum atomic E-state index is -4.47. The number of hydrogen-bond donors (Lipinski definition) is 1. The molecule has 2 unspecified atom stereocenters. The summed E-state index contributed by atoms with van der Waals surface area (Å²) in [6.07, 6.45) is -3.20. The van der Waals surface area contributed by atoms with Crippen molar-refractivity contribution in [3.8, 4) is 22.8 Å². The maximum absolute atomic E-state index is 13.9. The van der Waals surface area contributed by atoms with E-state index in [1.165, 1.54) is 20.4 Å². The van der Waals surface area contributed by atoms with Gasteiger partial charge >= 0.3 is 6.18 Å². The second kappa shape index (κ2) is 7.71. The predicted octanol–water partition coefficient (Wildman–Crippen LogP) is 5.28. The van der Waals surface area contributed by atoms with Gasteiger partial charge in [-0.05, 0) is 29.8 Å². The third kappa shape index (κ3) is 3.77. The third-order valence-electron chi connectivity index (χ3n) is 5.02. The molecule has 0 saturated carbocycles. The van der Waals surface area contributed by atoms with Crippen LogP contribution in [0.2, 0.25) is 5.15 Å². The van der Waals surface area contributed by atoms with Crippen molar-refractivity contribution in [2.75, 3.05) is 19.5 Å². The van der Waals surface area contributed by atoms with Gasteiger partial charge in [-0.25, -0.2) is 9.67 Å². The van der Waals surface area contributed by atoms with E-state index >= 15 is 0 Å². The van der Waals surface area contributed by atoms with E-state index in [2.05, 4.69) is 15.4 Å². The molecule has 2 atom stereocenters. The number of hydrogen-bond acceptors (Lipinski definition) is 5. The fourth-order valence-corrected chi connectivity index (χ4v) is 3.74. The molecule has 2 aromatic heterocycles. The second-order valence-corrected chi connectivity index (χ2v) is 7.22. The van der Waals surface area contributed by atoms with Crippen LogP contribution < -0.4 is 14.8 Å². The summed E-state index contributed by atoms with van der Waals surface area (Å²) in [5.41, 5.74) is 1.62. The molecular formula is C20H18ClF3N4O2. The molecule has 1 N–H and O–H groups in total. The summed E-state index contributed by atoms with van der Waals surface area (Å²) in [5, 5.41) is 7.60. The van der Waals surface area contributed by atoms with E-state index in [0.717, 1.165) is 4.68 Å². The normalized spacial score (nSPS) is 18.5. The number of ether oxygens (including phenoxy) is 2. The van der Waals surface area contributed by atoms with Crippen LogP contribution in [0.1, 0.15) is 24.1 Å². The molecule has 1 aliphatic heterocycles. The minimum Gasteiger partial charge on any atom is -0.493 e. The van der Waals surface area contributed by atoms with E-state index in [-0.39, 0.29) is 17.4 Å². The van der Waals surface area contributed by atoms with Crippen molar-refractivity contribution < 1.29 is 22.6 Å². The molecule has 0 saturated heterocycles. The lowest BCUT2D eigenvalue weighted by Crippen LogP contribution is -2.35. The maximum Gasteiger partial charge on any atom is 0.410 e. The van der Waals surface area contributed by atoms with Crippen molar-refractivity contribution in [3.63, 3.8) is 0 Å². The number of nitrogens with one attached hydrogen (secondary N) is 1. The number of nitrogens with zero attached hydrogens (tertiary/aromatic N) is 3. The summed E-state index contributed by atoms with van der Waals surface area (Å²) in [5.74, 6) is 1.23. The maximum atomic E-state index is 13.9. The molecule has 1 aromatic carbocycles. The topological polar surface area (TPSA) is 61.2 Å². The fourth-order valence-electron chi connectivity index (χ4n) is 3.56. The number of anilines is 1. The first kappa shape index (κ1) is 20.3. The molecule has 0 spiro atoms. The smallest absolute Gasteiger partial charge is 0.410 e. The average Bonchev–Trinajstić information content (AvgIpc) is 3.16. The molecule has 0 bridgehead atoms. The van der Waals surface area contributed by atoms with Crippen molar-refractivity contribution >= 4 is 17.4 Å². The Hall–Kier alpha value is -2.94. The Kier molecular flexibility index (Phi) is 5.23. The Bertz CT molecular complexity index is 1070. The van der Waals surface area contributed by atoms with Gasteiger partial charge in [0.2, 0.25) is 0 Å². The summed E-state index contributed by atoms with van der Waals surface area (Å²) >= 11 is 5.92. The van der Waals surface area contributed by atoms with Crippen LogP contribution >= 0.6 is 11.6 Å². The Morgan fingerprint density at radius 3 is 2.53 bits per heavy atom. The largest absolute Gasteiger partial charge is 0.493 e. The first-order chi connectivity index (χ1) is 14.3. The Labute approximate surface area is 175 Å². The van der Waals surface area contributed by atoms with E-state index in [0.29, 0.717) is 28.3 Å². The van der Waals surface area contributed by atoms with Crippen molar-refractivity contribution in [2.45, 2.75) is 24.7 Å². The molecule has 0 amide bonds. The summed E-state index contributed by atoms with van der Waals surface area (Å²) in [7, 11) is 2.98.